The van der Waals surface area contributed by atoms with Gasteiger partial charge in [-0.2, -0.15) is 5.10 Å². The molecule has 0 unspecified atom stereocenters. The van der Waals surface area contributed by atoms with Crippen molar-refractivity contribution in [3.05, 3.63) is 76.9 Å². The van der Waals surface area contributed by atoms with Crippen LogP contribution in [0.5, 0.6) is 5.75 Å². The predicted molar refractivity (Wildman–Crippen MR) is 103 cm³/mol. The average Bonchev–Trinajstić information content (AvgIpc) is 3.09. The molecule has 5 nitrogen and oxygen atoms in total. The molecular formula is C20H20ClN3O2. The van der Waals surface area contributed by atoms with E-state index in [0.29, 0.717) is 23.1 Å². The van der Waals surface area contributed by atoms with E-state index in [9.17, 15) is 4.79 Å². The van der Waals surface area contributed by atoms with Crippen molar-refractivity contribution in [1.29, 1.82) is 0 Å². The Kier molecular flexibility index (Phi) is 5.92. The van der Waals surface area contributed by atoms with Crippen LogP contribution in [0.3, 0.4) is 0 Å². The third-order valence-corrected chi connectivity index (χ3v) is 4.31. The fourth-order valence-corrected chi connectivity index (χ4v) is 2.73. The molecule has 3 rings (SSSR count). The number of halogens is 1. The molecule has 1 amide bonds. The summed E-state index contributed by atoms with van der Waals surface area (Å²) < 4.78 is 7.26. The third kappa shape index (κ3) is 4.64. The van der Waals surface area contributed by atoms with Crippen LogP contribution in [0.15, 0.2) is 60.8 Å². The van der Waals surface area contributed by atoms with Gasteiger partial charge in [-0.05, 0) is 35.7 Å². The summed E-state index contributed by atoms with van der Waals surface area (Å²) in [6.45, 7) is 2.48. The van der Waals surface area contributed by atoms with Gasteiger partial charge >= 0.3 is 0 Å². The lowest BCUT2D eigenvalue weighted by molar-refractivity contribution is -0.118. The fourth-order valence-electron chi connectivity index (χ4n) is 2.54. The molecule has 0 aliphatic rings. The standard InChI is InChI=1S/C20H20ClN3O2/c1-2-15-6-5-8-17(12-15)26-14-20(25)23-19-10-11-22-24(19)13-16-7-3-4-9-18(16)21/h3-12H,2,13-14H2,1H3,(H,23,25). The molecule has 26 heavy (non-hydrogen) atoms. The second kappa shape index (κ2) is 8.54. The molecule has 0 atom stereocenters. The Balaban J connectivity index is 1.60. The number of amides is 1. The number of nitrogens with zero attached hydrogens (tertiary/aromatic N) is 2. The topological polar surface area (TPSA) is 56.1 Å². The highest BCUT2D eigenvalue weighted by Crippen LogP contribution is 2.18. The van der Waals surface area contributed by atoms with Crippen molar-refractivity contribution >= 4 is 23.3 Å². The first-order valence-electron chi connectivity index (χ1n) is 8.42. The molecule has 0 spiro atoms. The van der Waals surface area contributed by atoms with Crippen molar-refractivity contribution in [3.8, 4) is 5.75 Å². The minimum Gasteiger partial charge on any atom is -0.484 e. The smallest absolute Gasteiger partial charge is 0.263 e. The van der Waals surface area contributed by atoms with Gasteiger partial charge in [0.05, 0.1) is 12.7 Å². The lowest BCUT2D eigenvalue weighted by Gasteiger charge is -2.11. The summed E-state index contributed by atoms with van der Waals surface area (Å²) in [4.78, 5) is 12.2. The number of rotatable bonds is 7. The number of aromatic nitrogens is 2. The molecule has 3 aromatic rings. The van der Waals surface area contributed by atoms with E-state index in [4.69, 9.17) is 16.3 Å². The maximum atomic E-state index is 12.2. The van der Waals surface area contributed by atoms with Crippen molar-refractivity contribution in [2.24, 2.45) is 0 Å². The third-order valence-electron chi connectivity index (χ3n) is 3.94. The molecule has 0 bridgehead atoms. The molecule has 6 heteroatoms. The number of nitrogens with one attached hydrogen (secondary N) is 1. The predicted octanol–water partition coefficient (Wildman–Crippen LogP) is 4.16. The molecule has 1 aromatic heterocycles. The quantitative estimate of drug-likeness (QED) is 0.680. The number of anilines is 1. The molecule has 0 radical (unpaired) electrons. The number of carbonyl (C=O) groups is 1. The van der Waals surface area contributed by atoms with Crippen LogP contribution in [0.4, 0.5) is 5.82 Å². The summed E-state index contributed by atoms with van der Waals surface area (Å²) >= 11 is 6.19. The Morgan fingerprint density at radius 2 is 2.04 bits per heavy atom. The molecule has 0 aliphatic heterocycles. The van der Waals surface area contributed by atoms with E-state index in [1.165, 1.54) is 5.56 Å². The number of hydrogen-bond acceptors (Lipinski definition) is 3. The number of ether oxygens (including phenoxy) is 1. The highest BCUT2D eigenvalue weighted by atomic mass is 35.5. The Labute approximate surface area is 157 Å². The van der Waals surface area contributed by atoms with E-state index in [-0.39, 0.29) is 12.5 Å². The van der Waals surface area contributed by atoms with Crippen molar-refractivity contribution in [1.82, 2.24) is 9.78 Å². The molecule has 0 saturated heterocycles. The largest absolute Gasteiger partial charge is 0.484 e. The van der Waals surface area contributed by atoms with Crippen LogP contribution in [0, 0.1) is 0 Å². The van der Waals surface area contributed by atoms with Gasteiger partial charge in [0, 0.05) is 11.1 Å². The van der Waals surface area contributed by atoms with Gasteiger partial charge in [-0.25, -0.2) is 4.68 Å². The van der Waals surface area contributed by atoms with E-state index in [1.807, 2.05) is 48.5 Å². The van der Waals surface area contributed by atoms with Crippen LogP contribution in [-0.2, 0) is 17.8 Å². The second-order valence-corrected chi connectivity index (χ2v) is 6.21. The van der Waals surface area contributed by atoms with Gasteiger partial charge in [0.15, 0.2) is 6.61 Å². The summed E-state index contributed by atoms with van der Waals surface area (Å²) in [7, 11) is 0. The number of aryl methyl sites for hydroxylation is 1. The van der Waals surface area contributed by atoms with Gasteiger partial charge in [0.25, 0.3) is 5.91 Å². The first kappa shape index (κ1) is 18.0. The molecule has 0 aliphatic carbocycles. The zero-order valence-electron chi connectivity index (χ0n) is 14.5. The van der Waals surface area contributed by atoms with E-state index < -0.39 is 0 Å². The highest BCUT2D eigenvalue weighted by Gasteiger charge is 2.10. The first-order valence-corrected chi connectivity index (χ1v) is 8.80. The molecule has 1 N–H and O–H groups in total. The average molecular weight is 370 g/mol. The second-order valence-electron chi connectivity index (χ2n) is 5.80. The minimum atomic E-state index is -0.243. The Bertz CT molecular complexity index is 892. The Hall–Kier alpha value is -2.79. The van der Waals surface area contributed by atoms with E-state index in [0.717, 1.165) is 12.0 Å². The van der Waals surface area contributed by atoms with Crippen molar-refractivity contribution < 1.29 is 9.53 Å². The zero-order chi connectivity index (χ0) is 18.4. The van der Waals surface area contributed by atoms with Gasteiger partial charge < -0.3 is 10.1 Å². The maximum Gasteiger partial charge on any atom is 0.263 e. The summed E-state index contributed by atoms with van der Waals surface area (Å²) in [6, 6.07) is 17.0. The molecular weight excluding hydrogens is 350 g/mol. The van der Waals surface area contributed by atoms with Crippen LogP contribution in [0.2, 0.25) is 5.02 Å². The first-order chi connectivity index (χ1) is 12.7. The van der Waals surface area contributed by atoms with Gasteiger partial charge in [-0.1, -0.05) is 48.9 Å². The molecule has 0 fully saturated rings. The highest BCUT2D eigenvalue weighted by molar-refractivity contribution is 6.31. The SMILES string of the molecule is CCc1cccc(OCC(=O)Nc2ccnn2Cc2ccccc2Cl)c1. The lowest BCUT2D eigenvalue weighted by atomic mass is 10.2. The van der Waals surface area contributed by atoms with Gasteiger partial charge in [-0.3, -0.25) is 4.79 Å². The van der Waals surface area contributed by atoms with Crippen LogP contribution in [0.1, 0.15) is 18.1 Å². The van der Waals surface area contributed by atoms with Gasteiger partial charge in [0.1, 0.15) is 11.6 Å². The minimum absolute atomic E-state index is 0.0650. The Morgan fingerprint density at radius 3 is 2.85 bits per heavy atom. The van der Waals surface area contributed by atoms with Gasteiger partial charge in [0.2, 0.25) is 0 Å². The summed E-state index contributed by atoms with van der Waals surface area (Å²) in [5.41, 5.74) is 2.10. The van der Waals surface area contributed by atoms with Crippen LogP contribution < -0.4 is 10.1 Å². The van der Waals surface area contributed by atoms with Crippen molar-refractivity contribution in [2.75, 3.05) is 11.9 Å². The number of hydrogen-bond donors (Lipinski definition) is 1. The van der Waals surface area contributed by atoms with E-state index in [2.05, 4.69) is 17.3 Å². The van der Waals surface area contributed by atoms with E-state index >= 15 is 0 Å². The Morgan fingerprint density at radius 1 is 1.19 bits per heavy atom. The monoisotopic (exact) mass is 369 g/mol. The summed E-state index contributed by atoms with van der Waals surface area (Å²) in [5, 5.41) is 7.74. The number of benzene rings is 2. The fraction of sp³-hybridized carbons (Fsp3) is 0.200. The molecule has 2 aromatic carbocycles. The zero-order valence-corrected chi connectivity index (χ0v) is 15.2. The molecule has 134 valence electrons. The van der Waals surface area contributed by atoms with Crippen molar-refractivity contribution in [3.63, 3.8) is 0 Å². The van der Waals surface area contributed by atoms with Crippen LogP contribution >= 0.6 is 11.6 Å². The summed E-state index contributed by atoms with van der Waals surface area (Å²) in [5.74, 6) is 1.04. The van der Waals surface area contributed by atoms with Crippen LogP contribution in [-0.4, -0.2) is 22.3 Å². The van der Waals surface area contributed by atoms with Gasteiger partial charge in [-0.15, -0.1) is 0 Å². The number of carbonyl (C=O) groups excluding carboxylic acids is 1. The normalized spacial score (nSPS) is 10.5. The van der Waals surface area contributed by atoms with Crippen molar-refractivity contribution in [2.45, 2.75) is 19.9 Å². The maximum absolute atomic E-state index is 12.2. The van der Waals surface area contributed by atoms with E-state index in [1.54, 1.807) is 16.9 Å². The molecule has 1 heterocycles. The molecule has 0 saturated carbocycles. The lowest BCUT2D eigenvalue weighted by Crippen LogP contribution is -2.22. The van der Waals surface area contributed by atoms with Crippen LogP contribution in [0.25, 0.3) is 0 Å². The summed E-state index contributed by atoms with van der Waals surface area (Å²) in [6.07, 6.45) is 2.56.